The van der Waals surface area contributed by atoms with Crippen molar-refractivity contribution in [1.29, 1.82) is 0 Å². The molecule has 0 atom stereocenters. The zero-order valence-corrected chi connectivity index (χ0v) is 13.1. The van der Waals surface area contributed by atoms with Gasteiger partial charge in [-0.25, -0.2) is 4.79 Å². The molecule has 0 saturated heterocycles. The van der Waals surface area contributed by atoms with E-state index in [1.54, 1.807) is 23.6 Å². The molecule has 0 radical (unpaired) electrons. The molecule has 1 aromatic carbocycles. The van der Waals surface area contributed by atoms with E-state index < -0.39 is 12.0 Å². The first-order valence-electron chi connectivity index (χ1n) is 5.65. The third-order valence-electron chi connectivity index (χ3n) is 2.66. The van der Waals surface area contributed by atoms with Gasteiger partial charge >= 0.3 is 6.09 Å². The number of thiophene rings is 1. The normalized spacial score (nSPS) is 10.2. The smallest absolute Gasteiger partial charge is 0.411 e. The number of halogens is 2. The first-order valence-corrected chi connectivity index (χ1v) is 7.29. The third kappa shape index (κ3) is 3.29. The summed E-state index contributed by atoms with van der Waals surface area (Å²) in [7, 11) is 1.23. The molecule has 21 heavy (non-hydrogen) atoms. The fourth-order valence-corrected chi connectivity index (χ4v) is 3.21. The van der Waals surface area contributed by atoms with Crippen LogP contribution in [-0.2, 0) is 4.74 Å². The van der Waals surface area contributed by atoms with Crippen molar-refractivity contribution < 1.29 is 14.3 Å². The molecule has 2 rings (SSSR count). The Kier molecular flexibility index (Phi) is 4.72. The van der Waals surface area contributed by atoms with Gasteiger partial charge in [-0.1, -0.05) is 29.3 Å². The summed E-state index contributed by atoms with van der Waals surface area (Å²) in [6, 6.07) is 4.90. The molecule has 0 aliphatic rings. The minimum absolute atomic E-state index is 0.176. The number of nitrogens with one attached hydrogen (secondary N) is 1. The van der Waals surface area contributed by atoms with E-state index in [1.807, 2.05) is 0 Å². The molecule has 8 heteroatoms. The topological polar surface area (TPSA) is 81.4 Å². The summed E-state index contributed by atoms with van der Waals surface area (Å²) in [5, 5.41) is 5.29. The number of primary amides is 1. The van der Waals surface area contributed by atoms with Gasteiger partial charge in [0.05, 0.1) is 12.7 Å². The van der Waals surface area contributed by atoms with Gasteiger partial charge in [-0.05, 0) is 12.1 Å². The van der Waals surface area contributed by atoms with Crippen LogP contribution in [0.1, 0.15) is 10.4 Å². The average Bonchev–Trinajstić information content (AvgIpc) is 2.82. The molecule has 1 aromatic heterocycles. The van der Waals surface area contributed by atoms with Crippen LogP contribution in [0.2, 0.25) is 10.0 Å². The van der Waals surface area contributed by atoms with Crippen LogP contribution in [-0.4, -0.2) is 19.1 Å². The van der Waals surface area contributed by atoms with Crippen molar-refractivity contribution in [2.75, 3.05) is 12.4 Å². The van der Waals surface area contributed by atoms with Crippen molar-refractivity contribution in [3.8, 4) is 11.1 Å². The average molecular weight is 345 g/mol. The maximum absolute atomic E-state index is 11.7. The Morgan fingerprint density at radius 2 is 2.00 bits per heavy atom. The molecule has 0 aliphatic carbocycles. The van der Waals surface area contributed by atoms with Gasteiger partial charge in [0.25, 0.3) is 5.91 Å². The van der Waals surface area contributed by atoms with Gasteiger partial charge in [-0.3, -0.25) is 10.1 Å². The van der Waals surface area contributed by atoms with Crippen LogP contribution in [0.25, 0.3) is 11.1 Å². The second-order valence-corrected chi connectivity index (χ2v) is 5.68. The molecule has 1 heterocycles. The third-order valence-corrected chi connectivity index (χ3v) is 4.10. The first kappa shape index (κ1) is 15.6. The molecule has 0 aliphatic heterocycles. The zero-order chi connectivity index (χ0) is 15.6. The Labute approximate surface area is 134 Å². The van der Waals surface area contributed by atoms with Gasteiger partial charge in [-0.15, -0.1) is 11.3 Å². The minimum atomic E-state index is -0.687. The van der Waals surface area contributed by atoms with Gasteiger partial charge < -0.3 is 10.5 Å². The number of ether oxygens (including phenoxy) is 1. The van der Waals surface area contributed by atoms with Gasteiger partial charge in [0.2, 0.25) is 0 Å². The standard InChI is InChI=1S/C13H10Cl2N2O3S/c1-20-13(19)17-12-10(11(16)18)8(5-21-12)7-3-2-6(14)4-9(7)15/h2-5H,1H3,(H2,16,18)(H,17,19). The number of carbonyl (C=O) groups excluding carboxylic acids is 2. The number of nitrogens with two attached hydrogens (primary N) is 1. The van der Waals surface area contributed by atoms with Crippen LogP contribution in [0, 0.1) is 0 Å². The van der Waals surface area contributed by atoms with E-state index in [0.717, 1.165) is 11.3 Å². The number of amides is 2. The molecule has 2 amide bonds. The highest BCUT2D eigenvalue weighted by Crippen LogP contribution is 2.39. The molecule has 0 fully saturated rings. The lowest BCUT2D eigenvalue weighted by atomic mass is 10.0. The highest BCUT2D eigenvalue weighted by Gasteiger charge is 2.21. The van der Waals surface area contributed by atoms with Crippen molar-refractivity contribution in [2.24, 2.45) is 5.73 Å². The Hall–Kier alpha value is -1.76. The largest absolute Gasteiger partial charge is 0.453 e. The van der Waals surface area contributed by atoms with Crippen LogP contribution in [0.15, 0.2) is 23.6 Å². The second kappa shape index (κ2) is 6.34. The Balaban J connectivity index is 2.54. The molecule has 5 nitrogen and oxygen atoms in total. The van der Waals surface area contributed by atoms with Crippen LogP contribution in [0.4, 0.5) is 9.80 Å². The fraction of sp³-hybridized carbons (Fsp3) is 0.0769. The van der Waals surface area contributed by atoms with E-state index in [0.29, 0.717) is 26.2 Å². The van der Waals surface area contributed by atoms with Gasteiger partial charge in [0, 0.05) is 26.6 Å². The Morgan fingerprint density at radius 3 is 2.57 bits per heavy atom. The van der Waals surface area contributed by atoms with Crippen LogP contribution in [0.5, 0.6) is 0 Å². The van der Waals surface area contributed by atoms with Crippen molar-refractivity contribution in [2.45, 2.75) is 0 Å². The summed E-state index contributed by atoms with van der Waals surface area (Å²) in [4.78, 5) is 23.0. The van der Waals surface area contributed by atoms with E-state index >= 15 is 0 Å². The van der Waals surface area contributed by atoms with Crippen molar-refractivity contribution in [3.63, 3.8) is 0 Å². The second-order valence-electron chi connectivity index (χ2n) is 3.96. The van der Waals surface area contributed by atoms with Crippen molar-refractivity contribution >= 4 is 51.5 Å². The maximum atomic E-state index is 11.7. The van der Waals surface area contributed by atoms with Crippen molar-refractivity contribution in [1.82, 2.24) is 0 Å². The molecular weight excluding hydrogens is 335 g/mol. The summed E-state index contributed by atoms with van der Waals surface area (Å²) < 4.78 is 4.50. The number of benzene rings is 1. The predicted molar refractivity (Wildman–Crippen MR) is 84.3 cm³/mol. The Morgan fingerprint density at radius 1 is 1.29 bits per heavy atom. The number of carbonyl (C=O) groups is 2. The predicted octanol–water partition coefficient (Wildman–Crippen LogP) is 4.00. The Bertz CT molecular complexity index is 715. The maximum Gasteiger partial charge on any atom is 0.411 e. The number of anilines is 1. The highest BCUT2D eigenvalue weighted by atomic mass is 35.5. The highest BCUT2D eigenvalue weighted by molar-refractivity contribution is 7.15. The van der Waals surface area contributed by atoms with Crippen LogP contribution >= 0.6 is 34.5 Å². The summed E-state index contributed by atoms with van der Waals surface area (Å²) in [5.41, 5.74) is 6.71. The van der Waals surface area contributed by atoms with E-state index in [4.69, 9.17) is 28.9 Å². The van der Waals surface area contributed by atoms with Crippen LogP contribution < -0.4 is 11.1 Å². The lowest BCUT2D eigenvalue weighted by molar-refractivity contribution is 0.100. The first-order chi connectivity index (χ1) is 9.93. The summed E-state index contributed by atoms with van der Waals surface area (Å²) in [5.74, 6) is -0.677. The van der Waals surface area contributed by atoms with Gasteiger partial charge in [0.15, 0.2) is 0 Å². The molecule has 3 N–H and O–H groups in total. The number of hydrogen-bond donors (Lipinski definition) is 2. The lowest BCUT2D eigenvalue weighted by Gasteiger charge is -2.07. The van der Waals surface area contributed by atoms with E-state index in [-0.39, 0.29) is 5.56 Å². The lowest BCUT2D eigenvalue weighted by Crippen LogP contribution is -2.17. The van der Waals surface area contributed by atoms with Gasteiger partial charge in [0.1, 0.15) is 5.00 Å². The van der Waals surface area contributed by atoms with E-state index in [9.17, 15) is 9.59 Å². The van der Waals surface area contributed by atoms with Crippen molar-refractivity contribution in [3.05, 3.63) is 39.2 Å². The molecular formula is C13H10Cl2N2O3S. The number of rotatable bonds is 3. The zero-order valence-electron chi connectivity index (χ0n) is 10.8. The summed E-state index contributed by atoms with van der Waals surface area (Å²) in [6.07, 6.45) is -0.687. The number of hydrogen-bond acceptors (Lipinski definition) is 4. The van der Waals surface area contributed by atoms with Crippen LogP contribution in [0.3, 0.4) is 0 Å². The van der Waals surface area contributed by atoms with E-state index in [2.05, 4.69) is 10.1 Å². The molecule has 0 spiro atoms. The monoisotopic (exact) mass is 344 g/mol. The minimum Gasteiger partial charge on any atom is -0.453 e. The molecule has 0 unspecified atom stereocenters. The summed E-state index contributed by atoms with van der Waals surface area (Å²) >= 11 is 13.1. The molecule has 0 bridgehead atoms. The van der Waals surface area contributed by atoms with Gasteiger partial charge in [-0.2, -0.15) is 0 Å². The quantitative estimate of drug-likeness (QED) is 0.882. The molecule has 2 aromatic rings. The number of methoxy groups -OCH3 is 1. The summed E-state index contributed by atoms with van der Waals surface area (Å²) in [6.45, 7) is 0. The molecule has 110 valence electrons. The SMILES string of the molecule is COC(=O)Nc1scc(-c2ccc(Cl)cc2Cl)c1C(N)=O. The fourth-order valence-electron chi connectivity index (χ4n) is 1.74. The van der Waals surface area contributed by atoms with E-state index in [1.165, 1.54) is 7.11 Å². The molecule has 0 saturated carbocycles.